The molecule has 1 aromatic carbocycles. The highest BCUT2D eigenvalue weighted by atomic mass is 16.5. The van der Waals surface area contributed by atoms with E-state index in [1.54, 1.807) is 11.8 Å². The van der Waals surface area contributed by atoms with Gasteiger partial charge in [0.1, 0.15) is 0 Å². The lowest BCUT2D eigenvalue weighted by molar-refractivity contribution is 0.0412. The van der Waals surface area contributed by atoms with Gasteiger partial charge in [-0.1, -0.05) is 30.3 Å². The van der Waals surface area contributed by atoms with E-state index in [4.69, 9.17) is 4.74 Å². The van der Waals surface area contributed by atoms with Crippen molar-refractivity contribution in [1.29, 1.82) is 0 Å². The van der Waals surface area contributed by atoms with Gasteiger partial charge >= 0.3 is 0 Å². The van der Waals surface area contributed by atoms with Crippen LogP contribution in [0.3, 0.4) is 0 Å². The van der Waals surface area contributed by atoms with Gasteiger partial charge in [-0.2, -0.15) is 0 Å². The number of methoxy groups -OCH3 is 1. The van der Waals surface area contributed by atoms with Crippen LogP contribution in [0.5, 0.6) is 0 Å². The summed E-state index contributed by atoms with van der Waals surface area (Å²) in [6, 6.07) is 10.0. The normalized spacial score (nSPS) is 12.8. The van der Waals surface area contributed by atoms with Crippen molar-refractivity contribution in [2.75, 3.05) is 27.3 Å². The molecule has 1 atom stereocenters. The van der Waals surface area contributed by atoms with Crippen LogP contribution in [0.4, 0.5) is 0 Å². The van der Waals surface area contributed by atoms with Crippen molar-refractivity contribution in [3.05, 3.63) is 41.7 Å². The summed E-state index contributed by atoms with van der Waals surface area (Å²) in [5.74, 6) is 0.769. The molecule has 0 aliphatic carbocycles. The number of hydrogen-bond donors (Lipinski definition) is 1. The predicted molar refractivity (Wildman–Crippen MR) is 77.6 cm³/mol. The van der Waals surface area contributed by atoms with Gasteiger partial charge in [-0.25, -0.2) is 4.68 Å². The second-order valence-electron chi connectivity index (χ2n) is 5.04. The van der Waals surface area contributed by atoms with Gasteiger partial charge in [0.15, 0.2) is 5.82 Å². The van der Waals surface area contributed by atoms with Gasteiger partial charge < -0.3 is 9.84 Å². The first kappa shape index (κ1) is 15.6. The maximum atomic E-state index is 9.73. The van der Waals surface area contributed by atoms with Crippen LogP contribution < -0.4 is 0 Å². The standard InChI is InChI=1S/C14H21N5O2/c1-18(9-13(20)11-21-2)10-14-15-16-17-19(14)8-12-6-4-3-5-7-12/h3-7,13,20H,8-11H2,1-2H3. The van der Waals surface area contributed by atoms with Crippen LogP contribution in [0.2, 0.25) is 0 Å². The number of tetrazole rings is 1. The number of aliphatic hydroxyl groups is 1. The van der Waals surface area contributed by atoms with E-state index in [-0.39, 0.29) is 0 Å². The summed E-state index contributed by atoms with van der Waals surface area (Å²) in [7, 11) is 3.49. The summed E-state index contributed by atoms with van der Waals surface area (Å²) in [6.07, 6.45) is -0.515. The van der Waals surface area contributed by atoms with Crippen molar-refractivity contribution < 1.29 is 9.84 Å². The molecule has 7 heteroatoms. The van der Waals surface area contributed by atoms with E-state index in [0.29, 0.717) is 26.2 Å². The third kappa shape index (κ3) is 4.89. The molecule has 2 rings (SSSR count). The number of ether oxygens (including phenoxy) is 1. The fraction of sp³-hybridized carbons (Fsp3) is 0.500. The molecule has 1 unspecified atom stereocenters. The van der Waals surface area contributed by atoms with E-state index in [2.05, 4.69) is 15.5 Å². The minimum Gasteiger partial charge on any atom is -0.389 e. The number of rotatable bonds is 8. The lowest BCUT2D eigenvalue weighted by Crippen LogP contribution is -2.32. The number of aromatic nitrogens is 4. The van der Waals surface area contributed by atoms with Crippen molar-refractivity contribution in [2.24, 2.45) is 0 Å². The smallest absolute Gasteiger partial charge is 0.165 e. The fourth-order valence-corrected chi connectivity index (χ4v) is 2.13. The van der Waals surface area contributed by atoms with Crippen LogP contribution in [-0.2, 0) is 17.8 Å². The Morgan fingerprint density at radius 2 is 2.10 bits per heavy atom. The highest BCUT2D eigenvalue weighted by molar-refractivity contribution is 5.14. The zero-order chi connectivity index (χ0) is 15.1. The van der Waals surface area contributed by atoms with Gasteiger partial charge in [0.25, 0.3) is 0 Å². The molecule has 0 spiro atoms. The minimum absolute atomic E-state index is 0.319. The van der Waals surface area contributed by atoms with E-state index in [0.717, 1.165) is 11.4 Å². The average molecular weight is 291 g/mol. The van der Waals surface area contributed by atoms with Crippen molar-refractivity contribution >= 4 is 0 Å². The number of nitrogens with zero attached hydrogens (tertiary/aromatic N) is 5. The molecular formula is C14H21N5O2. The third-order valence-corrected chi connectivity index (χ3v) is 3.07. The van der Waals surface area contributed by atoms with Crippen molar-refractivity contribution in [1.82, 2.24) is 25.1 Å². The van der Waals surface area contributed by atoms with Crippen LogP contribution >= 0.6 is 0 Å². The van der Waals surface area contributed by atoms with Gasteiger partial charge in [0.2, 0.25) is 0 Å². The summed E-state index contributed by atoms with van der Waals surface area (Å²) in [5.41, 5.74) is 1.15. The molecule has 0 aliphatic rings. The third-order valence-electron chi connectivity index (χ3n) is 3.07. The van der Waals surface area contributed by atoms with Crippen molar-refractivity contribution in [3.63, 3.8) is 0 Å². The van der Waals surface area contributed by atoms with E-state index < -0.39 is 6.10 Å². The highest BCUT2D eigenvalue weighted by Crippen LogP contribution is 2.05. The molecule has 0 saturated heterocycles. The minimum atomic E-state index is -0.515. The topological polar surface area (TPSA) is 76.3 Å². The second-order valence-corrected chi connectivity index (χ2v) is 5.04. The summed E-state index contributed by atoms with van der Waals surface area (Å²) in [6.45, 7) is 2.03. The molecule has 1 aromatic heterocycles. The molecular weight excluding hydrogens is 270 g/mol. The zero-order valence-electron chi connectivity index (χ0n) is 12.4. The summed E-state index contributed by atoms with van der Waals surface area (Å²) in [4.78, 5) is 1.97. The molecule has 7 nitrogen and oxygen atoms in total. The molecule has 2 aromatic rings. The van der Waals surface area contributed by atoms with Crippen molar-refractivity contribution in [2.45, 2.75) is 19.2 Å². The van der Waals surface area contributed by atoms with Gasteiger partial charge in [0.05, 0.1) is 25.8 Å². The molecule has 0 aliphatic heterocycles. The molecule has 0 bridgehead atoms. The molecule has 0 amide bonds. The maximum absolute atomic E-state index is 9.73. The summed E-state index contributed by atoms with van der Waals surface area (Å²) >= 11 is 0. The van der Waals surface area contributed by atoms with E-state index in [9.17, 15) is 5.11 Å². The SMILES string of the molecule is COCC(O)CN(C)Cc1nnnn1Cc1ccccc1. The number of likely N-dealkylation sites (N-methyl/N-ethyl adjacent to an activating group) is 1. The van der Waals surface area contributed by atoms with Crippen LogP contribution in [0.25, 0.3) is 0 Å². The molecule has 1 heterocycles. The molecule has 0 radical (unpaired) electrons. The van der Waals surface area contributed by atoms with E-state index in [1.165, 1.54) is 0 Å². The Bertz CT molecular complexity index is 531. The fourth-order valence-electron chi connectivity index (χ4n) is 2.13. The van der Waals surface area contributed by atoms with Crippen LogP contribution in [0.15, 0.2) is 30.3 Å². The van der Waals surface area contributed by atoms with Gasteiger partial charge in [-0.3, -0.25) is 4.90 Å². The lowest BCUT2D eigenvalue weighted by atomic mass is 10.2. The Morgan fingerprint density at radius 3 is 2.81 bits per heavy atom. The Kier molecular flexibility index (Phi) is 5.79. The number of aliphatic hydroxyl groups excluding tert-OH is 1. The monoisotopic (exact) mass is 291 g/mol. The van der Waals surface area contributed by atoms with Crippen LogP contribution in [0.1, 0.15) is 11.4 Å². The van der Waals surface area contributed by atoms with Crippen LogP contribution in [-0.4, -0.2) is 63.6 Å². The molecule has 0 fully saturated rings. The number of hydrogen-bond acceptors (Lipinski definition) is 6. The number of benzene rings is 1. The first-order valence-electron chi connectivity index (χ1n) is 6.83. The first-order chi connectivity index (χ1) is 10.2. The van der Waals surface area contributed by atoms with Crippen LogP contribution in [0, 0.1) is 0 Å². The summed E-state index contributed by atoms with van der Waals surface area (Å²) < 4.78 is 6.69. The van der Waals surface area contributed by atoms with E-state index in [1.807, 2.05) is 42.3 Å². The van der Waals surface area contributed by atoms with Gasteiger partial charge in [-0.05, 0) is 23.0 Å². The first-order valence-corrected chi connectivity index (χ1v) is 6.83. The molecule has 21 heavy (non-hydrogen) atoms. The summed E-state index contributed by atoms with van der Waals surface area (Å²) in [5, 5.41) is 21.5. The highest BCUT2D eigenvalue weighted by Gasteiger charge is 2.13. The average Bonchev–Trinajstić information content (AvgIpc) is 2.87. The van der Waals surface area contributed by atoms with E-state index >= 15 is 0 Å². The van der Waals surface area contributed by atoms with Gasteiger partial charge in [0, 0.05) is 13.7 Å². The Labute approximate surface area is 124 Å². The Hall–Kier alpha value is -1.83. The predicted octanol–water partition coefficient (Wildman–Crippen LogP) is 0.161. The molecule has 1 N–H and O–H groups in total. The lowest BCUT2D eigenvalue weighted by Gasteiger charge is -2.19. The zero-order valence-corrected chi connectivity index (χ0v) is 12.4. The molecule has 0 saturated carbocycles. The largest absolute Gasteiger partial charge is 0.389 e. The molecule has 114 valence electrons. The second kappa shape index (κ2) is 7.82. The Balaban J connectivity index is 1.94. The quantitative estimate of drug-likeness (QED) is 0.746. The van der Waals surface area contributed by atoms with Gasteiger partial charge in [-0.15, -0.1) is 5.10 Å². The van der Waals surface area contributed by atoms with Crippen molar-refractivity contribution in [3.8, 4) is 0 Å². The Morgan fingerprint density at radius 1 is 1.33 bits per heavy atom. The maximum Gasteiger partial charge on any atom is 0.165 e.